The summed E-state index contributed by atoms with van der Waals surface area (Å²) >= 11 is 0. The molecule has 0 nitrogen and oxygen atoms in total. The molecule has 0 N–H and O–H groups in total. The Labute approximate surface area is 106 Å². The third kappa shape index (κ3) is 2.19. The molecule has 0 atom stereocenters. The minimum Gasteiger partial charge on any atom is -0.203 e. The van der Waals surface area contributed by atoms with E-state index < -0.39 is 11.6 Å². The molecule has 92 valence electrons. The maximum atomic E-state index is 13.9. The van der Waals surface area contributed by atoms with Crippen LogP contribution in [-0.4, -0.2) is 0 Å². The van der Waals surface area contributed by atoms with Crippen LogP contribution in [0, 0.1) is 11.6 Å². The second-order valence-electron chi connectivity index (χ2n) is 4.08. The third-order valence-corrected chi connectivity index (χ3v) is 3.00. The number of halogens is 2. The molecule has 0 heterocycles. The molecule has 2 aromatic carbocycles. The molecule has 2 aromatic rings. The van der Waals surface area contributed by atoms with E-state index in [4.69, 9.17) is 0 Å². The fraction of sp³-hybridized carbons (Fsp3) is 0.125. The average Bonchev–Trinajstić information content (AvgIpc) is 2.42. The van der Waals surface area contributed by atoms with Gasteiger partial charge in [0.15, 0.2) is 11.6 Å². The lowest BCUT2D eigenvalue weighted by Crippen LogP contribution is -1.95. The smallest absolute Gasteiger partial charge is 0.166 e. The van der Waals surface area contributed by atoms with Crippen LogP contribution in [0.3, 0.4) is 0 Å². The molecule has 2 heteroatoms. The van der Waals surface area contributed by atoms with Gasteiger partial charge in [0, 0.05) is 5.56 Å². The quantitative estimate of drug-likeness (QED) is 0.725. The Morgan fingerprint density at radius 3 is 2.22 bits per heavy atom. The van der Waals surface area contributed by atoms with Gasteiger partial charge in [0.25, 0.3) is 0 Å². The minimum absolute atomic E-state index is 0.292. The van der Waals surface area contributed by atoms with Crippen LogP contribution >= 0.6 is 0 Å². The molecule has 0 aliphatic rings. The van der Waals surface area contributed by atoms with Crippen LogP contribution in [-0.2, 0) is 6.42 Å². The number of aryl methyl sites for hydroxylation is 1. The van der Waals surface area contributed by atoms with Crippen molar-refractivity contribution in [1.82, 2.24) is 0 Å². The number of hydrogen-bond acceptors (Lipinski definition) is 0. The van der Waals surface area contributed by atoms with Crippen LogP contribution in [0.25, 0.3) is 17.2 Å². The predicted molar refractivity (Wildman–Crippen MR) is 71.3 cm³/mol. The normalized spacial score (nSPS) is 10.4. The zero-order valence-corrected chi connectivity index (χ0v) is 10.2. The standard InChI is InChI=1S/C16H14F2/c1-3-11-5-7-13(8-6-11)14-10-9-12(4-2)15(17)16(14)18/h3,5-10H,1,4H2,2H3. The monoisotopic (exact) mass is 244 g/mol. The second-order valence-corrected chi connectivity index (χ2v) is 4.08. The van der Waals surface area contributed by atoms with Gasteiger partial charge in [0.1, 0.15) is 0 Å². The van der Waals surface area contributed by atoms with Crippen molar-refractivity contribution in [1.29, 1.82) is 0 Å². The van der Waals surface area contributed by atoms with Crippen LogP contribution in [0.5, 0.6) is 0 Å². The summed E-state index contributed by atoms with van der Waals surface area (Å²) in [4.78, 5) is 0. The van der Waals surface area contributed by atoms with Crippen molar-refractivity contribution in [3.8, 4) is 11.1 Å². The molecule has 0 aliphatic carbocycles. The Morgan fingerprint density at radius 1 is 1.00 bits per heavy atom. The highest BCUT2D eigenvalue weighted by Gasteiger charge is 2.13. The molecule has 0 unspecified atom stereocenters. The van der Waals surface area contributed by atoms with Crippen molar-refractivity contribution in [3.63, 3.8) is 0 Å². The van der Waals surface area contributed by atoms with Crippen molar-refractivity contribution in [2.45, 2.75) is 13.3 Å². The van der Waals surface area contributed by atoms with Crippen LogP contribution in [0.15, 0.2) is 43.0 Å². The first-order valence-corrected chi connectivity index (χ1v) is 5.87. The van der Waals surface area contributed by atoms with Gasteiger partial charge in [0.05, 0.1) is 0 Å². The minimum atomic E-state index is -0.777. The van der Waals surface area contributed by atoms with Gasteiger partial charge in [-0.1, -0.05) is 56.0 Å². The molecular weight excluding hydrogens is 230 g/mol. The van der Waals surface area contributed by atoms with E-state index in [-0.39, 0.29) is 0 Å². The van der Waals surface area contributed by atoms with E-state index >= 15 is 0 Å². The van der Waals surface area contributed by atoms with E-state index in [1.54, 1.807) is 37.3 Å². The molecule has 0 saturated heterocycles. The Hall–Kier alpha value is -1.96. The number of hydrogen-bond donors (Lipinski definition) is 0. The largest absolute Gasteiger partial charge is 0.203 e. The van der Waals surface area contributed by atoms with Crippen molar-refractivity contribution < 1.29 is 8.78 Å². The number of rotatable bonds is 3. The molecule has 0 radical (unpaired) electrons. The van der Waals surface area contributed by atoms with Gasteiger partial charge in [0.2, 0.25) is 0 Å². The Kier molecular flexibility index (Phi) is 3.56. The van der Waals surface area contributed by atoms with Crippen LogP contribution < -0.4 is 0 Å². The summed E-state index contributed by atoms with van der Waals surface area (Å²) in [6.45, 7) is 5.46. The number of benzene rings is 2. The van der Waals surface area contributed by atoms with E-state index in [2.05, 4.69) is 6.58 Å². The summed E-state index contributed by atoms with van der Waals surface area (Å²) in [6.07, 6.45) is 2.19. The third-order valence-electron chi connectivity index (χ3n) is 3.00. The van der Waals surface area contributed by atoms with Gasteiger partial charge in [-0.05, 0) is 23.1 Å². The fourth-order valence-electron chi connectivity index (χ4n) is 1.88. The summed E-state index contributed by atoms with van der Waals surface area (Å²) in [5.74, 6) is -1.52. The molecule has 0 amide bonds. The Balaban J connectivity index is 2.50. The molecule has 0 aromatic heterocycles. The van der Waals surface area contributed by atoms with Crippen molar-refractivity contribution in [3.05, 3.63) is 65.7 Å². The summed E-state index contributed by atoms with van der Waals surface area (Å²) in [7, 11) is 0. The lowest BCUT2D eigenvalue weighted by Gasteiger charge is -2.07. The average molecular weight is 244 g/mol. The van der Waals surface area contributed by atoms with Gasteiger partial charge in [-0.2, -0.15) is 0 Å². The second kappa shape index (κ2) is 5.13. The van der Waals surface area contributed by atoms with Crippen molar-refractivity contribution in [2.75, 3.05) is 0 Å². The van der Waals surface area contributed by atoms with Gasteiger partial charge >= 0.3 is 0 Å². The molecule has 0 aliphatic heterocycles. The molecule has 0 spiro atoms. The highest BCUT2D eigenvalue weighted by Crippen LogP contribution is 2.27. The maximum Gasteiger partial charge on any atom is 0.166 e. The van der Waals surface area contributed by atoms with Gasteiger partial charge in [-0.3, -0.25) is 0 Å². The first-order chi connectivity index (χ1) is 8.67. The van der Waals surface area contributed by atoms with E-state index in [0.29, 0.717) is 23.1 Å². The summed E-state index contributed by atoms with van der Waals surface area (Å²) in [6, 6.07) is 10.4. The lowest BCUT2D eigenvalue weighted by molar-refractivity contribution is 0.502. The Morgan fingerprint density at radius 2 is 1.67 bits per heavy atom. The van der Waals surface area contributed by atoms with E-state index in [0.717, 1.165) is 5.56 Å². The van der Waals surface area contributed by atoms with Crippen molar-refractivity contribution >= 4 is 6.08 Å². The zero-order chi connectivity index (χ0) is 13.1. The Bertz CT molecular complexity index is 568. The van der Waals surface area contributed by atoms with Gasteiger partial charge in [-0.25, -0.2) is 8.78 Å². The van der Waals surface area contributed by atoms with Crippen LogP contribution in [0.1, 0.15) is 18.1 Å². The zero-order valence-electron chi connectivity index (χ0n) is 10.2. The molecule has 2 rings (SSSR count). The molecular formula is C16H14F2. The highest BCUT2D eigenvalue weighted by atomic mass is 19.2. The van der Waals surface area contributed by atoms with Crippen LogP contribution in [0.4, 0.5) is 8.78 Å². The van der Waals surface area contributed by atoms with E-state index in [9.17, 15) is 8.78 Å². The van der Waals surface area contributed by atoms with Crippen molar-refractivity contribution in [2.24, 2.45) is 0 Å². The lowest BCUT2D eigenvalue weighted by atomic mass is 10.0. The van der Waals surface area contributed by atoms with Gasteiger partial charge < -0.3 is 0 Å². The highest BCUT2D eigenvalue weighted by molar-refractivity contribution is 5.66. The van der Waals surface area contributed by atoms with Gasteiger partial charge in [-0.15, -0.1) is 0 Å². The van der Waals surface area contributed by atoms with E-state index in [1.165, 1.54) is 0 Å². The van der Waals surface area contributed by atoms with Crippen LogP contribution in [0.2, 0.25) is 0 Å². The molecule has 0 fully saturated rings. The maximum absolute atomic E-state index is 13.9. The predicted octanol–water partition coefficient (Wildman–Crippen LogP) is 4.84. The first kappa shape index (κ1) is 12.5. The molecule has 0 saturated carbocycles. The summed E-state index contributed by atoms with van der Waals surface area (Å²) < 4.78 is 27.6. The SMILES string of the molecule is C=Cc1ccc(-c2ccc(CC)c(F)c2F)cc1. The topological polar surface area (TPSA) is 0 Å². The molecule has 18 heavy (non-hydrogen) atoms. The fourth-order valence-corrected chi connectivity index (χ4v) is 1.88. The first-order valence-electron chi connectivity index (χ1n) is 5.87. The summed E-state index contributed by atoms with van der Waals surface area (Å²) in [5.41, 5.74) is 2.31. The molecule has 0 bridgehead atoms. The summed E-state index contributed by atoms with van der Waals surface area (Å²) in [5, 5.41) is 0. The van der Waals surface area contributed by atoms with E-state index in [1.807, 2.05) is 12.1 Å².